The summed E-state index contributed by atoms with van der Waals surface area (Å²) in [4.78, 5) is 48.0. The number of nitrogens with two attached hydrogens (primary N) is 1. The molecule has 1 aromatic rings. The third-order valence-corrected chi connectivity index (χ3v) is 3.96. The van der Waals surface area contributed by atoms with Crippen molar-refractivity contribution in [3.05, 3.63) is 23.8 Å². The molecule has 0 amide bonds. The van der Waals surface area contributed by atoms with Crippen molar-refractivity contribution in [2.45, 2.75) is 91.8 Å². The Hall–Kier alpha value is -3.54. The summed E-state index contributed by atoms with van der Waals surface area (Å²) < 4.78 is 35.4. The second-order valence-electron chi connectivity index (χ2n) is 9.65. The summed E-state index contributed by atoms with van der Waals surface area (Å²) in [5, 5.41) is 0. The predicted octanol–water partition coefficient (Wildman–Crippen LogP) is 4.29. The number of hydrogen-bond donors (Lipinski definition) is 1. The van der Waals surface area contributed by atoms with E-state index in [9.17, 15) is 19.2 Å². The van der Waals surface area contributed by atoms with E-state index in [1.807, 2.05) is 0 Å². The van der Waals surface area contributed by atoms with E-state index in [0.29, 0.717) is 5.56 Å². The third kappa shape index (κ3) is 13.4. The molecule has 0 aliphatic rings. The van der Waals surface area contributed by atoms with Gasteiger partial charge < -0.3 is 38.9 Å². The standard InChI is InChI=1S/C25H37NO11/c1-14(2)32-22(28)35-19-10-9-17(12-20(19)36-23(29)33-15(3)4)11-18(26)21(27)31-13-16(5)34-24(30)37-25(6,7)8/h9-10,12,14-16,18H,11,13,26H2,1-8H3/t16-,18-/m0/s1. The van der Waals surface area contributed by atoms with Crippen molar-refractivity contribution in [1.29, 1.82) is 0 Å². The van der Waals surface area contributed by atoms with E-state index in [-0.39, 0.29) is 24.5 Å². The van der Waals surface area contributed by atoms with Crippen LogP contribution in [-0.2, 0) is 34.9 Å². The van der Waals surface area contributed by atoms with Gasteiger partial charge in [-0.25, -0.2) is 14.4 Å². The van der Waals surface area contributed by atoms with Gasteiger partial charge in [-0.1, -0.05) is 6.07 Å². The van der Waals surface area contributed by atoms with Crippen LogP contribution in [0.3, 0.4) is 0 Å². The van der Waals surface area contributed by atoms with Gasteiger partial charge in [0.15, 0.2) is 11.5 Å². The van der Waals surface area contributed by atoms with E-state index in [2.05, 4.69) is 0 Å². The van der Waals surface area contributed by atoms with Gasteiger partial charge in [0.2, 0.25) is 0 Å². The van der Waals surface area contributed by atoms with Crippen molar-refractivity contribution in [2.24, 2.45) is 5.73 Å². The van der Waals surface area contributed by atoms with Crippen molar-refractivity contribution < 1.29 is 52.3 Å². The summed E-state index contributed by atoms with van der Waals surface area (Å²) in [6, 6.07) is 3.17. The molecule has 2 atom stereocenters. The number of benzene rings is 1. The summed E-state index contributed by atoms with van der Waals surface area (Å²) in [6.45, 7) is 12.9. The van der Waals surface area contributed by atoms with E-state index in [1.165, 1.54) is 25.1 Å². The molecule has 12 nitrogen and oxygen atoms in total. The van der Waals surface area contributed by atoms with Crippen molar-refractivity contribution in [2.75, 3.05) is 6.61 Å². The van der Waals surface area contributed by atoms with Crippen LogP contribution in [-0.4, -0.2) is 61.0 Å². The average molecular weight is 528 g/mol. The molecule has 0 radical (unpaired) electrons. The fourth-order valence-corrected chi connectivity index (χ4v) is 2.57. The van der Waals surface area contributed by atoms with Crippen LogP contribution in [0.1, 0.15) is 61.0 Å². The molecule has 208 valence electrons. The highest BCUT2D eigenvalue weighted by Crippen LogP contribution is 2.30. The lowest BCUT2D eigenvalue weighted by molar-refractivity contribution is -0.148. The normalized spacial score (nSPS) is 12.8. The van der Waals surface area contributed by atoms with Gasteiger partial charge in [-0.2, -0.15) is 0 Å². The molecule has 0 aromatic heterocycles. The highest BCUT2D eigenvalue weighted by atomic mass is 16.8. The molecule has 0 unspecified atom stereocenters. The Kier molecular flexibility index (Phi) is 12.1. The highest BCUT2D eigenvalue weighted by molar-refractivity contribution is 5.76. The number of carbonyl (C=O) groups excluding carboxylic acids is 4. The van der Waals surface area contributed by atoms with Gasteiger partial charge in [-0.05, 0) is 79.5 Å². The summed E-state index contributed by atoms with van der Waals surface area (Å²) in [5.41, 5.74) is 5.71. The molecule has 37 heavy (non-hydrogen) atoms. The van der Waals surface area contributed by atoms with Crippen LogP contribution in [0.5, 0.6) is 11.5 Å². The zero-order valence-corrected chi connectivity index (χ0v) is 22.5. The molecule has 1 aromatic carbocycles. The predicted molar refractivity (Wildman–Crippen MR) is 130 cm³/mol. The van der Waals surface area contributed by atoms with E-state index >= 15 is 0 Å². The van der Waals surface area contributed by atoms with Crippen LogP contribution in [0.25, 0.3) is 0 Å². The Labute approximate surface area is 216 Å². The van der Waals surface area contributed by atoms with Gasteiger partial charge in [-0.15, -0.1) is 0 Å². The molecule has 0 spiro atoms. The molecule has 0 heterocycles. The maximum absolute atomic E-state index is 12.4. The van der Waals surface area contributed by atoms with Gasteiger partial charge in [0.25, 0.3) is 0 Å². The maximum atomic E-state index is 12.4. The molecular weight excluding hydrogens is 490 g/mol. The number of hydrogen-bond acceptors (Lipinski definition) is 12. The number of esters is 1. The monoisotopic (exact) mass is 527 g/mol. The number of carbonyl (C=O) groups is 4. The highest BCUT2D eigenvalue weighted by Gasteiger charge is 2.23. The minimum Gasteiger partial charge on any atom is -0.461 e. The fraction of sp³-hybridized carbons (Fsp3) is 0.600. The van der Waals surface area contributed by atoms with Crippen molar-refractivity contribution in [3.63, 3.8) is 0 Å². The van der Waals surface area contributed by atoms with Gasteiger partial charge >= 0.3 is 24.4 Å². The Morgan fingerprint density at radius 3 is 1.86 bits per heavy atom. The van der Waals surface area contributed by atoms with Crippen molar-refractivity contribution >= 4 is 24.4 Å². The van der Waals surface area contributed by atoms with Crippen LogP contribution in [0, 0.1) is 0 Å². The van der Waals surface area contributed by atoms with Crippen LogP contribution in [0.2, 0.25) is 0 Å². The average Bonchev–Trinajstić information content (AvgIpc) is 2.71. The zero-order chi connectivity index (χ0) is 28.3. The Morgan fingerprint density at radius 1 is 0.811 bits per heavy atom. The first kappa shape index (κ1) is 31.5. The molecule has 0 fully saturated rings. The van der Waals surface area contributed by atoms with E-state index in [0.717, 1.165) is 0 Å². The van der Waals surface area contributed by atoms with Crippen molar-refractivity contribution in [3.8, 4) is 11.5 Å². The first-order valence-electron chi connectivity index (χ1n) is 11.8. The summed E-state index contributed by atoms with van der Waals surface area (Å²) >= 11 is 0. The maximum Gasteiger partial charge on any atom is 0.514 e. The van der Waals surface area contributed by atoms with E-state index in [1.54, 1.807) is 48.5 Å². The lowest BCUT2D eigenvalue weighted by atomic mass is 10.1. The quantitative estimate of drug-likeness (QED) is 0.262. The van der Waals surface area contributed by atoms with E-state index in [4.69, 9.17) is 38.9 Å². The van der Waals surface area contributed by atoms with Gasteiger partial charge in [0, 0.05) is 0 Å². The molecule has 1 rings (SSSR count). The Balaban J connectivity index is 2.83. The molecule has 0 bridgehead atoms. The lowest BCUT2D eigenvalue weighted by Crippen LogP contribution is -2.36. The molecule has 2 N–H and O–H groups in total. The van der Waals surface area contributed by atoms with E-state index < -0.39 is 54.4 Å². The van der Waals surface area contributed by atoms with Crippen LogP contribution in [0.15, 0.2) is 18.2 Å². The second kappa shape index (κ2) is 14.3. The Bertz CT molecular complexity index is 937. The van der Waals surface area contributed by atoms with Crippen molar-refractivity contribution in [1.82, 2.24) is 0 Å². The first-order chi connectivity index (χ1) is 17.1. The molecule has 0 aliphatic carbocycles. The third-order valence-electron chi connectivity index (χ3n) is 3.96. The number of ether oxygens (including phenoxy) is 7. The summed E-state index contributed by atoms with van der Waals surface area (Å²) in [5.74, 6) is -0.981. The first-order valence-corrected chi connectivity index (χ1v) is 11.8. The summed E-state index contributed by atoms with van der Waals surface area (Å²) in [7, 11) is 0. The molecular formula is C25H37NO11. The van der Waals surface area contributed by atoms with Crippen LogP contribution in [0.4, 0.5) is 14.4 Å². The molecule has 0 aliphatic heterocycles. The van der Waals surface area contributed by atoms with Crippen LogP contribution < -0.4 is 15.2 Å². The van der Waals surface area contributed by atoms with Gasteiger partial charge in [-0.3, -0.25) is 4.79 Å². The minimum atomic E-state index is -1.10. The Morgan fingerprint density at radius 2 is 1.35 bits per heavy atom. The minimum absolute atomic E-state index is 0.00749. The topological polar surface area (TPSA) is 159 Å². The van der Waals surface area contributed by atoms with Gasteiger partial charge in [0.05, 0.1) is 12.2 Å². The molecule has 0 saturated carbocycles. The van der Waals surface area contributed by atoms with Gasteiger partial charge in [0.1, 0.15) is 24.4 Å². The smallest absolute Gasteiger partial charge is 0.461 e. The molecule has 0 saturated heterocycles. The fourth-order valence-electron chi connectivity index (χ4n) is 2.57. The SMILES string of the molecule is CC(C)OC(=O)Oc1ccc(C[C@H](N)C(=O)OC[C@H](C)OC(=O)OC(C)(C)C)cc1OC(=O)OC(C)C. The molecule has 12 heteroatoms. The largest absolute Gasteiger partial charge is 0.514 e. The second-order valence-corrected chi connectivity index (χ2v) is 9.65. The zero-order valence-electron chi connectivity index (χ0n) is 22.5. The lowest BCUT2D eigenvalue weighted by Gasteiger charge is -2.21. The summed E-state index contributed by atoms with van der Waals surface area (Å²) in [6.07, 6.45) is -4.54. The number of rotatable bonds is 10. The van der Waals surface area contributed by atoms with Crippen LogP contribution >= 0.6 is 0 Å².